The number of hydrogen-bond acceptors (Lipinski definition) is 2. The highest BCUT2D eigenvalue weighted by Gasteiger charge is 2.02. The normalized spacial score (nSPS) is 10.5. The van der Waals surface area contributed by atoms with Gasteiger partial charge in [-0.25, -0.2) is 0 Å². The van der Waals surface area contributed by atoms with Crippen LogP contribution in [0.5, 0.6) is 0 Å². The first kappa shape index (κ1) is 12.0. The first-order chi connectivity index (χ1) is 8.20. The molecule has 0 aliphatic heterocycles. The predicted molar refractivity (Wildman–Crippen MR) is 73.6 cm³/mol. The highest BCUT2D eigenvalue weighted by molar-refractivity contribution is 7.99. The highest BCUT2D eigenvalue weighted by Crippen LogP contribution is 2.24. The van der Waals surface area contributed by atoms with Crippen molar-refractivity contribution >= 4 is 11.8 Å². The number of hydrogen-bond donors (Lipinski definition) is 1. The Morgan fingerprint density at radius 3 is 2.41 bits per heavy atom. The van der Waals surface area contributed by atoms with E-state index in [-0.39, 0.29) is 5.56 Å². The van der Waals surface area contributed by atoms with Crippen LogP contribution in [0.2, 0.25) is 0 Å². The van der Waals surface area contributed by atoms with Crippen molar-refractivity contribution in [3.05, 3.63) is 52.4 Å². The van der Waals surface area contributed by atoms with E-state index in [1.54, 1.807) is 6.07 Å². The van der Waals surface area contributed by atoms with Crippen LogP contribution in [0.25, 0.3) is 11.1 Å². The molecule has 0 bridgehead atoms. The van der Waals surface area contributed by atoms with Crippen molar-refractivity contribution < 1.29 is 0 Å². The molecule has 0 spiro atoms. The van der Waals surface area contributed by atoms with Gasteiger partial charge in [-0.15, -0.1) is 11.8 Å². The fourth-order valence-corrected chi connectivity index (χ4v) is 2.45. The van der Waals surface area contributed by atoms with E-state index in [1.807, 2.05) is 24.8 Å². The van der Waals surface area contributed by atoms with Gasteiger partial charge < -0.3 is 4.98 Å². The molecule has 2 aromatic rings. The zero-order valence-corrected chi connectivity index (χ0v) is 10.8. The summed E-state index contributed by atoms with van der Waals surface area (Å²) in [7, 11) is 0. The number of pyridine rings is 1. The monoisotopic (exact) mass is 245 g/mol. The molecule has 0 radical (unpaired) electrons. The Balaban J connectivity index is 2.36. The van der Waals surface area contributed by atoms with Crippen LogP contribution >= 0.6 is 11.8 Å². The molecule has 1 aromatic carbocycles. The van der Waals surface area contributed by atoms with E-state index >= 15 is 0 Å². The quantitative estimate of drug-likeness (QED) is 0.840. The number of rotatable bonds is 3. The second kappa shape index (κ2) is 5.23. The second-order valence-electron chi connectivity index (χ2n) is 3.82. The predicted octanol–water partition coefficient (Wildman–Crippen LogP) is 3.46. The summed E-state index contributed by atoms with van der Waals surface area (Å²) in [5.74, 6) is 1.08. The largest absolute Gasteiger partial charge is 0.326 e. The summed E-state index contributed by atoms with van der Waals surface area (Å²) in [5, 5.41) is 0. The van der Waals surface area contributed by atoms with Crippen LogP contribution in [0.1, 0.15) is 12.6 Å². The Kier molecular flexibility index (Phi) is 3.69. The summed E-state index contributed by atoms with van der Waals surface area (Å²) in [4.78, 5) is 15.2. The molecular weight excluding hydrogens is 230 g/mol. The van der Waals surface area contributed by atoms with Crippen LogP contribution in [-0.2, 0) is 0 Å². The van der Waals surface area contributed by atoms with E-state index in [0.717, 1.165) is 22.6 Å². The third-order valence-electron chi connectivity index (χ3n) is 2.59. The van der Waals surface area contributed by atoms with Crippen molar-refractivity contribution in [2.75, 3.05) is 5.75 Å². The molecule has 17 heavy (non-hydrogen) atoms. The van der Waals surface area contributed by atoms with Gasteiger partial charge in [-0.3, -0.25) is 4.79 Å². The number of aromatic amines is 1. The van der Waals surface area contributed by atoms with Gasteiger partial charge in [-0.1, -0.05) is 19.1 Å². The van der Waals surface area contributed by atoms with Crippen molar-refractivity contribution in [3.8, 4) is 11.1 Å². The zero-order chi connectivity index (χ0) is 12.3. The van der Waals surface area contributed by atoms with Crippen molar-refractivity contribution in [1.29, 1.82) is 0 Å². The molecule has 1 N–H and O–H groups in total. The number of aromatic nitrogens is 1. The van der Waals surface area contributed by atoms with Crippen molar-refractivity contribution in [3.63, 3.8) is 0 Å². The van der Waals surface area contributed by atoms with Crippen molar-refractivity contribution in [2.45, 2.75) is 18.7 Å². The van der Waals surface area contributed by atoms with E-state index in [1.165, 1.54) is 4.90 Å². The topological polar surface area (TPSA) is 32.9 Å². The maximum atomic E-state index is 11.2. The molecule has 0 saturated carbocycles. The van der Waals surface area contributed by atoms with Crippen molar-refractivity contribution in [2.24, 2.45) is 0 Å². The Bertz CT molecular complexity index is 557. The highest BCUT2D eigenvalue weighted by atomic mass is 32.2. The fourth-order valence-electron chi connectivity index (χ4n) is 1.79. The minimum Gasteiger partial charge on any atom is -0.326 e. The summed E-state index contributed by atoms with van der Waals surface area (Å²) < 4.78 is 0. The van der Waals surface area contributed by atoms with E-state index in [4.69, 9.17) is 0 Å². The molecule has 0 amide bonds. The van der Waals surface area contributed by atoms with E-state index < -0.39 is 0 Å². The van der Waals surface area contributed by atoms with Gasteiger partial charge in [0.25, 0.3) is 0 Å². The molecule has 2 nitrogen and oxygen atoms in total. The number of thioether (sulfide) groups is 1. The summed E-state index contributed by atoms with van der Waals surface area (Å²) in [6, 6.07) is 11.9. The molecule has 0 unspecified atom stereocenters. The number of H-pyrrole nitrogens is 1. The maximum absolute atomic E-state index is 11.2. The van der Waals surface area contributed by atoms with Gasteiger partial charge in [0.05, 0.1) is 0 Å². The molecule has 0 atom stereocenters. The van der Waals surface area contributed by atoms with Gasteiger partial charge in [-0.2, -0.15) is 0 Å². The van der Waals surface area contributed by atoms with Crippen LogP contribution in [0.15, 0.2) is 46.1 Å². The molecule has 3 heteroatoms. The summed E-state index contributed by atoms with van der Waals surface area (Å²) in [6.45, 7) is 4.07. The molecule has 1 aromatic heterocycles. The van der Waals surface area contributed by atoms with Crippen LogP contribution in [0.4, 0.5) is 0 Å². The SMILES string of the molecule is CCSc1ccc(-c2ccc(=O)[nH]c2C)cc1. The van der Waals surface area contributed by atoms with Gasteiger partial charge in [-0.05, 0) is 36.4 Å². The van der Waals surface area contributed by atoms with Gasteiger partial charge in [0.2, 0.25) is 5.56 Å². The van der Waals surface area contributed by atoms with E-state index in [9.17, 15) is 4.79 Å². The molecule has 2 rings (SSSR count). The van der Waals surface area contributed by atoms with E-state index in [0.29, 0.717) is 0 Å². The van der Waals surface area contributed by atoms with Gasteiger partial charge >= 0.3 is 0 Å². The second-order valence-corrected chi connectivity index (χ2v) is 5.16. The molecule has 0 fully saturated rings. The lowest BCUT2D eigenvalue weighted by atomic mass is 10.1. The number of aryl methyl sites for hydroxylation is 1. The van der Waals surface area contributed by atoms with Crippen LogP contribution in [0, 0.1) is 6.92 Å². The lowest BCUT2D eigenvalue weighted by Crippen LogP contribution is -2.05. The molecule has 88 valence electrons. The average Bonchev–Trinajstić information content (AvgIpc) is 2.31. The Morgan fingerprint density at radius 1 is 1.12 bits per heavy atom. The summed E-state index contributed by atoms with van der Waals surface area (Å²) in [6.07, 6.45) is 0. The first-order valence-electron chi connectivity index (χ1n) is 5.64. The maximum Gasteiger partial charge on any atom is 0.248 e. The summed E-state index contributed by atoms with van der Waals surface area (Å²) in [5.41, 5.74) is 3.08. The van der Waals surface area contributed by atoms with Crippen LogP contribution in [0.3, 0.4) is 0 Å². The lowest BCUT2D eigenvalue weighted by Gasteiger charge is -2.06. The minimum atomic E-state index is -0.0515. The molecule has 0 aliphatic carbocycles. The molecule has 1 heterocycles. The third-order valence-corrected chi connectivity index (χ3v) is 3.49. The van der Waals surface area contributed by atoms with E-state index in [2.05, 4.69) is 36.2 Å². The number of nitrogens with one attached hydrogen (secondary N) is 1. The minimum absolute atomic E-state index is 0.0515. The van der Waals surface area contributed by atoms with Crippen LogP contribution < -0.4 is 5.56 Å². The molecular formula is C14H15NOS. The Hall–Kier alpha value is -1.48. The fraction of sp³-hybridized carbons (Fsp3) is 0.214. The molecule has 0 saturated heterocycles. The number of benzene rings is 1. The van der Waals surface area contributed by atoms with Gasteiger partial charge in [0, 0.05) is 22.2 Å². The Morgan fingerprint density at radius 2 is 1.82 bits per heavy atom. The standard InChI is InChI=1S/C14H15NOS/c1-3-17-12-6-4-11(5-7-12)13-8-9-14(16)15-10(13)2/h4-9H,3H2,1-2H3,(H,15,16). The lowest BCUT2D eigenvalue weighted by molar-refractivity contribution is 1.15. The van der Waals surface area contributed by atoms with Crippen LogP contribution in [-0.4, -0.2) is 10.7 Å². The van der Waals surface area contributed by atoms with Crippen molar-refractivity contribution in [1.82, 2.24) is 4.98 Å². The van der Waals surface area contributed by atoms with Gasteiger partial charge in [0.15, 0.2) is 0 Å². The average molecular weight is 245 g/mol. The zero-order valence-electron chi connectivity index (χ0n) is 9.99. The van der Waals surface area contributed by atoms with Gasteiger partial charge in [0.1, 0.15) is 0 Å². The first-order valence-corrected chi connectivity index (χ1v) is 6.62. The smallest absolute Gasteiger partial charge is 0.248 e. The Labute approximate surface area is 105 Å². The molecule has 0 aliphatic rings. The summed E-state index contributed by atoms with van der Waals surface area (Å²) >= 11 is 1.83. The third kappa shape index (κ3) is 2.80.